The number of fused-ring (bicyclic) bond motifs is 1. The summed E-state index contributed by atoms with van der Waals surface area (Å²) in [6.07, 6.45) is 5.17. The highest BCUT2D eigenvalue weighted by atomic mass is 16.5. The van der Waals surface area contributed by atoms with Crippen molar-refractivity contribution < 1.29 is 9.53 Å². The first kappa shape index (κ1) is 11.1. The zero-order valence-corrected chi connectivity index (χ0v) is 9.88. The molecule has 0 spiro atoms. The van der Waals surface area contributed by atoms with E-state index in [0.717, 1.165) is 42.6 Å². The fraction of sp³-hybridized carbons (Fsp3) is 0.538. The van der Waals surface area contributed by atoms with Gasteiger partial charge in [0.1, 0.15) is 11.4 Å². The molecule has 1 heterocycles. The van der Waals surface area contributed by atoms with Gasteiger partial charge >= 0.3 is 0 Å². The Balaban J connectivity index is 2.57. The Kier molecular flexibility index (Phi) is 3.22. The van der Waals surface area contributed by atoms with Gasteiger partial charge < -0.3 is 4.74 Å². The van der Waals surface area contributed by atoms with Gasteiger partial charge in [-0.05, 0) is 39.5 Å². The first-order chi connectivity index (χ1) is 7.77. The van der Waals surface area contributed by atoms with Crippen LogP contribution in [0.3, 0.4) is 0 Å². The van der Waals surface area contributed by atoms with E-state index in [1.807, 2.05) is 13.8 Å². The van der Waals surface area contributed by atoms with Crippen molar-refractivity contribution in [2.45, 2.75) is 39.5 Å². The molecular formula is C13H17NO2. The third-order valence-corrected chi connectivity index (χ3v) is 3.09. The van der Waals surface area contributed by atoms with Gasteiger partial charge in [-0.15, -0.1) is 0 Å². The minimum atomic E-state index is 0.532. The zero-order valence-electron chi connectivity index (χ0n) is 9.88. The average molecular weight is 219 g/mol. The van der Waals surface area contributed by atoms with Crippen molar-refractivity contribution in [2.75, 3.05) is 6.61 Å². The number of nitrogens with zero attached hydrogens (tertiary/aromatic N) is 1. The fourth-order valence-corrected chi connectivity index (χ4v) is 2.28. The largest absolute Gasteiger partial charge is 0.493 e. The predicted octanol–water partition coefficient (Wildman–Crippen LogP) is 2.48. The molecule has 3 nitrogen and oxygen atoms in total. The van der Waals surface area contributed by atoms with Crippen LogP contribution in [0.1, 0.15) is 47.1 Å². The van der Waals surface area contributed by atoms with E-state index in [1.165, 1.54) is 12.0 Å². The molecule has 0 amide bonds. The number of ether oxygens (including phenoxy) is 1. The minimum Gasteiger partial charge on any atom is -0.493 e. The van der Waals surface area contributed by atoms with E-state index >= 15 is 0 Å². The SMILES string of the molecule is CCOc1c(C)c(C=O)nc2c1CCCC2. The summed E-state index contributed by atoms with van der Waals surface area (Å²) < 4.78 is 5.68. The molecule has 0 aromatic carbocycles. The average Bonchev–Trinajstić information content (AvgIpc) is 2.32. The van der Waals surface area contributed by atoms with E-state index in [9.17, 15) is 4.79 Å². The van der Waals surface area contributed by atoms with Crippen LogP contribution in [-0.2, 0) is 12.8 Å². The summed E-state index contributed by atoms with van der Waals surface area (Å²) in [6, 6.07) is 0. The summed E-state index contributed by atoms with van der Waals surface area (Å²) in [5.41, 5.74) is 3.69. The van der Waals surface area contributed by atoms with Crippen LogP contribution >= 0.6 is 0 Å². The molecule has 16 heavy (non-hydrogen) atoms. The number of carbonyl (C=O) groups excluding carboxylic acids is 1. The quantitative estimate of drug-likeness (QED) is 0.733. The second kappa shape index (κ2) is 4.64. The molecule has 86 valence electrons. The van der Waals surface area contributed by atoms with Crippen LogP contribution < -0.4 is 4.74 Å². The molecule has 1 aromatic heterocycles. The number of aromatic nitrogens is 1. The van der Waals surface area contributed by atoms with Gasteiger partial charge in [0, 0.05) is 16.8 Å². The normalized spacial score (nSPS) is 14.4. The standard InChI is InChI=1S/C13H17NO2/c1-3-16-13-9(2)12(8-15)14-11-7-5-4-6-10(11)13/h8H,3-7H2,1-2H3. The van der Waals surface area contributed by atoms with Gasteiger partial charge in [-0.1, -0.05) is 0 Å². The van der Waals surface area contributed by atoms with Crippen molar-refractivity contribution in [2.24, 2.45) is 0 Å². The molecule has 0 fully saturated rings. The Bertz CT molecular complexity index is 413. The highest BCUT2D eigenvalue weighted by molar-refractivity contribution is 5.76. The van der Waals surface area contributed by atoms with Crippen molar-refractivity contribution >= 4 is 6.29 Å². The van der Waals surface area contributed by atoms with Crippen LogP contribution in [0.5, 0.6) is 5.75 Å². The second-order valence-electron chi connectivity index (χ2n) is 4.13. The molecular weight excluding hydrogens is 202 g/mol. The first-order valence-electron chi connectivity index (χ1n) is 5.88. The van der Waals surface area contributed by atoms with Crippen molar-refractivity contribution in [1.82, 2.24) is 4.98 Å². The Morgan fingerprint density at radius 1 is 1.38 bits per heavy atom. The topological polar surface area (TPSA) is 39.2 Å². The van der Waals surface area contributed by atoms with Crippen molar-refractivity contribution in [1.29, 1.82) is 0 Å². The fourth-order valence-electron chi connectivity index (χ4n) is 2.28. The molecule has 3 heteroatoms. The number of rotatable bonds is 3. The van der Waals surface area contributed by atoms with Crippen molar-refractivity contribution in [3.8, 4) is 5.75 Å². The van der Waals surface area contributed by atoms with Crippen LogP contribution in [0.4, 0.5) is 0 Å². The lowest BCUT2D eigenvalue weighted by atomic mass is 9.93. The molecule has 0 N–H and O–H groups in total. The predicted molar refractivity (Wildman–Crippen MR) is 62.2 cm³/mol. The van der Waals surface area contributed by atoms with E-state index in [4.69, 9.17) is 4.74 Å². The number of aryl methyl sites for hydroxylation is 1. The number of carbonyl (C=O) groups is 1. The van der Waals surface area contributed by atoms with Gasteiger partial charge in [0.2, 0.25) is 0 Å². The number of hydrogen-bond donors (Lipinski definition) is 0. The molecule has 0 saturated carbocycles. The van der Waals surface area contributed by atoms with Crippen molar-refractivity contribution in [3.05, 3.63) is 22.5 Å². The van der Waals surface area contributed by atoms with Gasteiger partial charge in [0.05, 0.1) is 6.61 Å². The molecule has 1 aliphatic carbocycles. The van der Waals surface area contributed by atoms with Crippen LogP contribution in [-0.4, -0.2) is 17.9 Å². The van der Waals surface area contributed by atoms with Crippen LogP contribution in [0, 0.1) is 6.92 Å². The summed E-state index contributed by atoms with van der Waals surface area (Å²) in [5.74, 6) is 0.898. The van der Waals surface area contributed by atoms with Crippen LogP contribution in [0.2, 0.25) is 0 Å². The molecule has 2 rings (SSSR count). The molecule has 0 radical (unpaired) electrons. The molecule has 1 aliphatic rings. The number of aldehydes is 1. The zero-order chi connectivity index (χ0) is 11.5. The summed E-state index contributed by atoms with van der Waals surface area (Å²) in [7, 11) is 0. The maximum atomic E-state index is 11.0. The second-order valence-corrected chi connectivity index (χ2v) is 4.13. The monoisotopic (exact) mass is 219 g/mol. The van der Waals surface area contributed by atoms with Gasteiger partial charge in [0.25, 0.3) is 0 Å². The van der Waals surface area contributed by atoms with Crippen LogP contribution in [0.15, 0.2) is 0 Å². The molecule has 0 aliphatic heterocycles. The molecule has 1 aromatic rings. The smallest absolute Gasteiger partial charge is 0.168 e. The molecule has 0 bridgehead atoms. The Morgan fingerprint density at radius 3 is 2.81 bits per heavy atom. The van der Waals surface area contributed by atoms with Gasteiger partial charge in [-0.25, -0.2) is 4.98 Å². The van der Waals surface area contributed by atoms with E-state index in [0.29, 0.717) is 12.3 Å². The molecule has 0 atom stereocenters. The number of pyridine rings is 1. The maximum absolute atomic E-state index is 11.0. The lowest BCUT2D eigenvalue weighted by Gasteiger charge is -2.21. The van der Waals surface area contributed by atoms with Gasteiger partial charge in [-0.2, -0.15) is 0 Å². The molecule has 0 unspecified atom stereocenters. The summed E-state index contributed by atoms with van der Waals surface area (Å²) in [4.78, 5) is 15.4. The van der Waals surface area contributed by atoms with Crippen LogP contribution in [0.25, 0.3) is 0 Å². The highest BCUT2D eigenvalue weighted by Crippen LogP contribution is 2.32. The van der Waals surface area contributed by atoms with Gasteiger partial charge in [-0.3, -0.25) is 4.79 Å². The van der Waals surface area contributed by atoms with E-state index in [1.54, 1.807) is 0 Å². The minimum absolute atomic E-state index is 0.532. The third-order valence-electron chi connectivity index (χ3n) is 3.09. The summed E-state index contributed by atoms with van der Waals surface area (Å²) in [6.45, 7) is 4.52. The summed E-state index contributed by atoms with van der Waals surface area (Å²) >= 11 is 0. The lowest BCUT2D eigenvalue weighted by molar-refractivity contribution is 0.111. The lowest BCUT2D eigenvalue weighted by Crippen LogP contribution is -2.12. The Labute approximate surface area is 95.8 Å². The Hall–Kier alpha value is -1.38. The third kappa shape index (κ3) is 1.82. The van der Waals surface area contributed by atoms with E-state index in [-0.39, 0.29) is 0 Å². The Morgan fingerprint density at radius 2 is 2.12 bits per heavy atom. The van der Waals surface area contributed by atoms with Gasteiger partial charge in [0.15, 0.2) is 6.29 Å². The molecule has 0 saturated heterocycles. The first-order valence-corrected chi connectivity index (χ1v) is 5.88. The summed E-state index contributed by atoms with van der Waals surface area (Å²) in [5, 5.41) is 0. The number of hydrogen-bond acceptors (Lipinski definition) is 3. The van der Waals surface area contributed by atoms with E-state index in [2.05, 4.69) is 4.98 Å². The van der Waals surface area contributed by atoms with E-state index < -0.39 is 0 Å². The maximum Gasteiger partial charge on any atom is 0.168 e. The van der Waals surface area contributed by atoms with Crippen molar-refractivity contribution in [3.63, 3.8) is 0 Å². The highest BCUT2D eigenvalue weighted by Gasteiger charge is 2.20.